The molecular weight excluding hydrogens is 279 g/mol. The van der Waals surface area contributed by atoms with Crippen LogP contribution in [-0.4, -0.2) is 59.2 Å². The fourth-order valence-electron chi connectivity index (χ4n) is 2.68. The molecule has 1 saturated heterocycles. The van der Waals surface area contributed by atoms with Crippen molar-refractivity contribution < 1.29 is 23.8 Å². The van der Waals surface area contributed by atoms with Crippen molar-refractivity contribution in [3.63, 3.8) is 0 Å². The lowest BCUT2D eigenvalue weighted by Crippen LogP contribution is -2.53. The molecule has 7 heteroatoms. The average molecular weight is 294 g/mol. The summed E-state index contributed by atoms with van der Waals surface area (Å²) in [4.78, 5) is 26.1. The minimum atomic E-state index is -0.970. The molecule has 1 unspecified atom stereocenters. The number of piperazine rings is 1. The molecule has 0 radical (unpaired) electrons. The fraction of sp³-hybridized carbons (Fsp3) is 0.429. The number of fused-ring (bicyclic) bond motifs is 1. The maximum Gasteiger partial charge on any atom is 0.407 e. The van der Waals surface area contributed by atoms with Crippen molar-refractivity contribution in [2.45, 2.75) is 12.5 Å². The first-order chi connectivity index (χ1) is 10.0. The third kappa shape index (κ3) is 2.63. The highest BCUT2D eigenvalue weighted by Crippen LogP contribution is 2.30. The summed E-state index contributed by atoms with van der Waals surface area (Å²) in [5, 5.41) is 8.88. The molecule has 1 aromatic rings. The monoisotopic (exact) mass is 294 g/mol. The number of carbonyl (C=O) groups excluding carboxylic acids is 1. The second-order valence-electron chi connectivity index (χ2n) is 5.16. The van der Waals surface area contributed by atoms with Gasteiger partial charge in [0.2, 0.25) is 0 Å². The van der Waals surface area contributed by atoms with Gasteiger partial charge in [-0.3, -0.25) is 4.79 Å². The van der Waals surface area contributed by atoms with Gasteiger partial charge < -0.3 is 19.6 Å². The predicted molar refractivity (Wildman–Crippen MR) is 70.7 cm³/mol. The lowest BCUT2D eigenvalue weighted by Gasteiger charge is -2.34. The van der Waals surface area contributed by atoms with Crippen LogP contribution in [0.15, 0.2) is 18.2 Å². The molecule has 6 nitrogen and oxygen atoms in total. The van der Waals surface area contributed by atoms with Crippen molar-refractivity contribution in [3.8, 4) is 5.75 Å². The summed E-state index contributed by atoms with van der Waals surface area (Å²) in [5.41, 5.74) is 0.692. The molecule has 1 atom stereocenters. The zero-order chi connectivity index (χ0) is 15.0. The Kier molecular flexibility index (Phi) is 3.40. The first kappa shape index (κ1) is 13.7. The van der Waals surface area contributed by atoms with Crippen LogP contribution in [0.2, 0.25) is 0 Å². The van der Waals surface area contributed by atoms with Gasteiger partial charge in [-0.2, -0.15) is 0 Å². The van der Waals surface area contributed by atoms with Gasteiger partial charge in [-0.15, -0.1) is 0 Å². The molecule has 0 saturated carbocycles. The summed E-state index contributed by atoms with van der Waals surface area (Å²) in [7, 11) is 0. The van der Waals surface area contributed by atoms with Gasteiger partial charge in [0, 0.05) is 38.2 Å². The van der Waals surface area contributed by atoms with Crippen LogP contribution in [0.3, 0.4) is 0 Å². The van der Waals surface area contributed by atoms with E-state index in [0.29, 0.717) is 43.9 Å². The predicted octanol–water partition coefficient (Wildman–Crippen LogP) is 0.951. The third-order valence-electron chi connectivity index (χ3n) is 3.83. The van der Waals surface area contributed by atoms with Crippen molar-refractivity contribution in [2.24, 2.45) is 0 Å². The SMILES string of the molecule is O=C(O)N1CCN(C(=O)C2Cc3cc(F)ccc3O2)CC1. The zero-order valence-corrected chi connectivity index (χ0v) is 11.3. The molecule has 2 aliphatic rings. The Labute approximate surface area is 120 Å². The van der Waals surface area contributed by atoms with Crippen LogP contribution in [-0.2, 0) is 11.2 Å². The van der Waals surface area contributed by atoms with Gasteiger partial charge in [-0.05, 0) is 18.2 Å². The van der Waals surface area contributed by atoms with E-state index in [-0.39, 0.29) is 11.7 Å². The maximum absolute atomic E-state index is 13.2. The van der Waals surface area contributed by atoms with E-state index in [2.05, 4.69) is 0 Å². The first-order valence-electron chi connectivity index (χ1n) is 6.76. The number of carboxylic acid groups (broad SMARTS) is 1. The average Bonchev–Trinajstić information content (AvgIpc) is 2.89. The van der Waals surface area contributed by atoms with Gasteiger partial charge in [0.05, 0.1) is 0 Å². The largest absolute Gasteiger partial charge is 0.480 e. The number of halogens is 1. The molecule has 3 rings (SSSR count). The molecule has 0 aliphatic carbocycles. The molecule has 2 amide bonds. The lowest BCUT2D eigenvalue weighted by molar-refractivity contribution is -0.139. The van der Waals surface area contributed by atoms with E-state index in [9.17, 15) is 14.0 Å². The van der Waals surface area contributed by atoms with Crippen LogP contribution >= 0.6 is 0 Å². The number of hydrogen-bond donors (Lipinski definition) is 1. The van der Waals surface area contributed by atoms with Gasteiger partial charge >= 0.3 is 6.09 Å². The van der Waals surface area contributed by atoms with Gasteiger partial charge in [0.25, 0.3) is 5.91 Å². The van der Waals surface area contributed by atoms with Crippen LogP contribution in [0.4, 0.5) is 9.18 Å². The van der Waals surface area contributed by atoms with E-state index in [1.807, 2.05) is 0 Å². The highest BCUT2D eigenvalue weighted by molar-refractivity contribution is 5.83. The molecule has 21 heavy (non-hydrogen) atoms. The van der Waals surface area contributed by atoms with Crippen molar-refractivity contribution in [3.05, 3.63) is 29.6 Å². The second kappa shape index (κ2) is 5.23. The van der Waals surface area contributed by atoms with E-state index >= 15 is 0 Å². The summed E-state index contributed by atoms with van der Waals surface area (Å²) >= 11 is 0. The fourth-order valence-corrected chi connectivity index (χ4v) is 2.68. The number of rotatable bonds is 1. The maximum atomic E-state index is 13.2. The molecular formula is C14H15FN2O4. The van der Waals surface area contributed by atoms with Crippen LogP contribution in [0.5, 0.6) is 5.75 Å². The zero-order valence-electron chi connectivity index (χ0n) is 11.3. The van der Waals surface area contributed by atoms with Crippen molar-refractivity contribution >= 4 is 12.0 Å². The summed E-state index contributed by atoms with van der Waals surface area (Å²) in [6, 6.07) is 4.21. The van der Waals surface area contributed by atoms with Gasteiger partial charge in [0.1, 0.15) is 11.6 Å². The molecule has 0 spiro atoms. The first-order valence-corrected chi connectivity index (χ1v) is 6.76. The number of hydrogen-bond acceptors (Lipinski definition) is 3. The number of amides is 2. The van der Waals surface area contributed by atoms with Crippen LogP contribution in [0.25, 0.3) is 0 Å². The molecule has 0 bridgehead atoms. The molecule has 2 aliphatic heterocycles. The summed E-state index contributed by atoms with van der Waals surface area (Å²) in [6.07, 6.45) is -1.26. The summed E-state index contributed by atoms with van der Waals surface area (Å²) in [5.74, 6) is 0.0242. The van der Waals surface area contributed by atoms with Crippen molar-refractivity contribution in [1.29, 1.82) is 0 Å². The number of nitrogens with zero attached hydrogens (tertiary/aromatic N) is 2. The Morgan fingerprint density at radius 1 is 1.19 bits per heavy atom. The number of ether oxygens (including phenoxy) is 1. The minimum Gasteiger partial charge on any atom is -0.480 e. The molecule has 1 N–H and O–H groups in total. The van der Waals surface area contributed by atoms with E-state index in [1.165, 1.54) is 23.1 Å². The van der Waals surface area contributed by atoms with Crippen LogP contribution in [0, 0.1) is 5.82 Å². The quantitative estimate of drug-likeness (QED) is 0.837. The van der Waals surface area contributed by atoms with Crippen molar-refractivity contribution in [1.82, 2.24) is 9.80 Å². The van der Waals surface area contributed by atoms with Gasteiger partial charge in [-0.1, -0.05) is 0 Å². The van der Waals surface area contributed by atoms with Gasteiger partial charge in [0.15, 0.2) is 6.10 Å². The second-order valence-corrected chi connectivity index (χ2v) is 5.16. The molecule has 1 fully saturated rings. The smallest absolute Gasteiger partial charge is 0.407 e. The standard InChI is InChI=1S/C14H15FN2O4/c15-10-1-2-11-9(7-10)8-12(21-11)13(18)16-3-5-17(6-4-16)14(19)20/h1-2,7,12H,3-6,8H2,(H,19,20). The van der Waals surface area contributed by atoms with E-state index < -0.39 is 12.2 Å². The van der Waals surface area contributed by atoms with Crippen LogP contribution in [0.1, 0.15) is 5.56 Å². The Hall–Kier alpha value is -2.31. The normalized spacial score (nSPS) is 20.9. The molecule has 112 valence electrons. The highest BCUT2D eigenvalue weighted by Gasteiger charge is 2.34. The number of carbonyl (C=O) groups is 2. The van der Waals surface area contributed by atoms with E-state index in [1.54, 1.807) is 4.90 Å². The Morgan fingerprint density at radius 2 is 1.86 bits per heavy atom. The third-order valence-corrected chi connectivity index (χ3v) is 3.83. The molecule has 0 aromatic heterocycles. The summed E-state index contributed by atoms with van der Waals surface area (Å²) in [6.45, 7) is 1.32. The van der Waals surface area contributed by atoms with Gasteiger partial charge in [-0.25, -0.2) is 9.18 Å². The number of benzene rings is 1. The Balaban J connectivity index is 1.62. The lowest BCUT2D eigenvalue weighted by atomic mass is 10.1. The van der Waals surface area contributed by atoms with E-state index in [4.69, 9.17) is 9.84 Å². The van der Waals surface area contributed by atoms with E-state index in [0.717, 1.165) is 0 Å². The minimum absolute atomic E-state index is 0.170. The highest BCUT2D eigenvalue weighted by atomic mass is 19.1. The van der Waals surface area contributed by atoms with Crippen molar-refractivity contribution in [2.75, 3.05) is 26.2 Å². The molecule has 2 heterocycles. The topological polar surface area (TPSA) is 70.1 Å². The molecule has 1 aromatic carbocycles. The Bertz CT molecular complexity index is 584. The van der Waals surface area contributed by atoms with Crippen LogP contribution < -0.4 is 4.74 Å². The summed E-state index contributed by atoms with van der Waals surface area (Å²) < 4.78 is 18.7. The Morgan fingerprint density at radius 3 is 2.52 bits per heavy atom.